The first-order valence-corrected chi connectivity index (χ1v) is 9.95. The molecule has 4 nitrogen and oxygen atoms in total. The zero-order valence-electron chi connectivity index (χ0n) is 17.2. The van der Waals surface area contributed by atoms with E-state index >= 15 is 0 Å². The number of fused-ring (bicyclic) bond motifs is 1. The van der Waals surface area contributed by atoms with Crippen molar-refractivity contribution in [2.45, 2.75) is 33.3 Å². The van der Waals surface area contributed by atoms with E-state index in [2.05, 4.69) is 5.10 Å². The van der Waals surface area contributed by atoms with Crippen LogP contribution in [0, 0.1) is 12.7 Å². The van der Waals surface area contributed by atoms with Crippen LogP contribution in [0.5, 0.6) is 5.75 Å². The van der Waals surface area contributed by atoms with Gasteiger partial charge in [0.25, 0.3) is 5.56 Å². The van der Waals surface area contributed by atoms with Crippen LogP contribution in [0.2, 0.25) is 0 Å². The molecule has 0 unspecified atom stereocenters. The summed E-state index contributed by atoms with van der Waals surface area (Å²) in [4.78, 5) is 13.3. The molecule has 4 rings (SSSR count). The van der Waals surface area contributed by atoms with E-state index in [0.717, 1.165) is 11.1 Å². The summed E-state index contributed by atoms with van der Waals surface area (Å²) < 4.78 is 21.9. The molecule has 0 N–H and O–H groups in total. The molecule has 4 aromatic rings. The van der Waals surface area contributed by atoms with Crippen LogP contribution >= 0.6 is 0 Å². The van der Waals surface area contributed by atoms with Gasteiger partial charge < -0.3 is 4.74 Å². The first kappa shape index (κ1) is 19.8. The maximum Gasteiger partial charge on any atom is 0.279 e. The molecule has 0 saturated carbocycles. The van der Waals surface area contributed by atoms with E-state index in [-0.39, 0.29) is 23.8 Å². The van der Waals surface area contributed by atoms with E-state index in [4.69, 9.17) is 4.74 Å². The van der Waals surface area contributed by atoms with Crippen molar-refractivity contribution in [1.82, 2.24) is 9.78 Å². The highest BCUT2D eigenvalue weighted by molar-refractivity contribution is 5.86. The Bertz CT molecular complexity index is 1260. The van der Waals surface area contributed by atoms with Crippen LogP contribution in [0.3, 0.4) is 0 Å². The van der Waals surface area contributed by atoms with Crippen molar-refractivity contribution >= 4 is 10.8 Å². The molecule has 5 heteroatoms. The van der Waals surface area contributed by atoms with E-state index in [9.17, 15) is 9.18 Å². The number of nitrogens with zero attached hydrogens (tertiary/aromatic N) is 2. The third kappa shape index (κ3) is 3.71. The average molecular weight is 402 g/mol. The number of hydrogen-bond donors (Lipinski definition) is 0. The van der Waals surface area contributed by atoms with Gasteiger partial charge in [0.2, 0.25) is 0 Å². The van der Waals surface area contributed by atoms with Crippen LogP contribution < -0.4 is 10.3 Å². The van der Waals surface area contributed by atoms with E-state index in [1.165, 1.54) is 16.8 Å². The highest BCUT2D eigenvalue weighted by Crippen LogP contribution is 2.29. The topological polar surface area (TPSA) is 44.1 Å². The molecule has 1 aromatic heterocycles. The Hall–Kier alpha value is -3.47. The molecule has 0 fully saturated rings. The fourth-order valence-corrected chi connectivity index (χ4v) is 3.50. The number of rotatable bonds is 5. The lowest BCUT2D eigenvalue weighted by Gasteiger charge is -2.16. The highest BCUT2D eigenvalue weighted by atomic mass is 19.1. The minimum atomic E-state index is -0.504. The van der Waals surface area contributed by atoms with Crippen molar-refractivity contribution in [1.29, 1.82) is 0 Å². The Kier molecular flexibility index (Phi) is 5.36. The van der Waals surface area contributed by atoms with Crippen LogP contribution in [-0.2, 0) is 6.61 Å². The van der Waals surface area contributed by atoms with Crippen LogP contribution in [-0.4, -0.2) is 9.78 Å². The first-order valence-electron chi connectivity index (χ1n) is 9.95. The Morgan fingerprint density at radius 1 is 1.00 bits per heavy atom. The van der Waals surface area contributed by atoms with Crippen molar-refractivity contribution in [3.05, 3.63) is 99.7 Å². The van der Waals surface area contributed by atoms with Gasteiger partial charge in [-0.1, -0.05) is 62.4 Å². The Morgan fingerprint density at radius 3 is 2.40 bits per heavy atom. The largest absolute Gasteiger partial charge is 0.486 e. The SMILES string of the molecule is Cc1ccccc1-n1nc(C(C)C)c2cc(F)c(OCc3ccccc3)cc2c1=O. The lowest BCUT2D eigenvalue weighted by atomic mass is 10.0. The van der Waals surface area contributed by atoms with Gasteiger partial charge in [0.1, 0.15) is 6.61 Å². The van der Waals surface area contributed by atoms with Crippen molar-refractivity contribution in [3.8, 4) is 11.4 Å². The van der Waals surface area contributed by atoms with Crippen molar-refractivity contribution in [3.63, 3.8) is 0 Å². The van der Waals surface area contributed by atoms with E-state index in [1.54, 1.807) is 0 Å². The predicted molar refractivity (Wildman–Crippen MR) is 117 cm³/mol. The molecule has 0 saturated heterocycles. The van der Waals surface area contributed by atoms with E-state index in [1.807, 2.05) is 75.4 Å². The molecule has 0 spiro atoms. The summed E-state index contributed by atoms with van der Waals surface area (Å²) in [6.45, 7) is 6.11. The monoisotopic (exact) mass is 402 g/mol. The second-order valence-corrected chi connectivity index (χ2v) is 7.65. The van der Waals surface area contributed by atoms with Gasteiger partial charge in [0.15, 0.2) is 11.6 Å². The molecule has 152 valence electrons. The van der Waals surface area contributed by atoms with Crippen LogP contribution in [0.4, 0.5) is 4.39 Å². The Balaban J connectivity index is 1.88. The fourth-order valence-electron chi connectivity index (χ4n) is 3.50. The minimum Gasteiger partial charge on any atom is -0.486 e. The molecule has 3 aromatic carbocycles. The zero-order valence-corrected chi connectivity index (χ0v) is 17.2. The molecule has 1 heterocycles. The average Bonchev–Trinajstić information content (AvgIpc) is 2.74. The van der Waals surface area contributed by atoms with Crippen molar-refractivity contribution in [2.75, 3.05) is 0 Å². The Labute approximate surface area is 174 Å². The van der Waals surface area contributed by atoms with Gasteiger partial charge in [-0.05, 0) is 42.2 Å². The standard InChI is InChI=1S/C25H23FN2O2/c1-16(2)24-19-13-21(26)23(30-15-18-10-5-4-6-11-18)14-20(19)25(29)28(27-24)22-12-8-7-9-17(22)3/h4-14,16H,15H2,1-3H3. The van der Waals surface area contributed by atoms with E-state index in [0.29, 0.717) is 22.2 Å². The molecule has 0 aliphatic carbocycles. The molecule has 0 aliphatic heterocycles. The number of benzene rings is 3. The quantitative estimate of drug-likeness (QED) is 0.440. The summed E-state index contributed by atoms with van der Waals surface area (Å²) in [6.07, 6.45) is 0. The van der Waals surface area contributed by atoms with E-state index < -0.39 is 5.82 Å². The number of ether oxygens (including phenoxy) is 1. The molecule has 0 radical (unpaired) electrons. The molecule has 0 bridgehead atoms. The van der Waals surface area contributed by atoms with Crippen LogP contribution in [0.25, 0.3) is 16.5 Å². The Morgan fingerprint density at radius 2 is 1.70 bits per heavy atom. The van der Waals surface area contributed by atoms with Gasteiger partial charge in [-0.15, -0.1) is 0 Å². The lowest BCUT2D eigenvalue weighted by molar-refractivity contribution is 0.291. The number of halogens is 1. The first-order chi connectivity index (χ1) is 14.5. The zero-order chi connectivity index (χ0) is 21.3. The van der Waals surface area contributed by atoms with Gasteiger partial charge in [0.05, 0.1) is 16.8 Å². The molecular formula is C25H23FN2O2. The van der Waals surface area contributed by atoms with Crippen LogP contribution in [0.1, 0.15) is 36.6 Å². The molecule has 0 aliphatic rings. The summed E-state index contributed by atoms with van der Waals surface area (Å²) in [5.41, 5.74) is 2.94. The van der Waals surface area contributed by atoms with Crippen LogP contribution in [0.15, 0.2) is 71.5 Å². The van der Waals surface area contributed by atoms with Gasteiger partial charge in [-0.3, -0.25) is 4.79 Å². The third-order valence-electron chi connectivity index (χ3n) is 5.11. The summed E-state index contributed by atoms with van der Waals surface area (Å²) in [6, 6.07) is 20.0. The normalized spacial score (nSPS) is 11.2. The fraction of sp³-hybridized carbons (Fsp3) is 0.200. The molecule has 0 amide bonds. The summed E-state index contributed by atoms with van der Waals surface area (Å²) in [7, 11) is 0. The number of para-hydroxylation sites is 1. The van der Waals surface area contributed by atoms with Gasteiger partial charge in [0, 0.05) is 5.39 Å². The third-order valence-corrected chi connectivity index (χ3v) is 5.11. The number of aryl methyl sites for hydroxylation is 1. The lowest BCUT2D eigenvalue weighted by Crippen LogP contribution is -2.24. The minimum absolute atomic E-state index is 0.0128. The molecule has 0 atom stereocenters. The second-order valence-electron chi connectivity index (χ2n) is 7.65. The summed E-state index contributed by atoms with van der Waals surface area (Å²) in [5.74, 6) is -0.435. The van der Waals surface area contributed by atoms with Crippen molar-refractivity contribution < 1.29 is 9.13 Å². The maximum atomic E-state index is 14.8. The summed E-state index contributed by atoms with van der Waals surface area (Å²) >= 11 is 0. The number of hydrogen-bond acceptors (Lipinski definition) is 3. The van der Waals surface area contributed by atoms with Gasteiger partial charge in [-0.25, -0.2) is 4.39 Å². The number of aromatic nitrogens is 2. The smallest absolute Gasteiger partial charge is 0.279 e. The maximum absolute atomic E-state index is 14.8. The summed E-state index contributed by atoms with van der Waals surface area (Å²) in [5, 5.41) is 5.50. The van der Waals surface area contributed by atoms with Gasteiger partial charge in [-0.2, -0.15) is 9.78 Å². The highest BCUT2D eigenvalue weighted by Gasteiger charge is 2.18. The predicted octanol–water partition coefficient (Wildman–Crippen LogP) is 5.54. The molecule has 30 heavy (non-hydrogen) atoms. The van der Waals surface area contributed by atoms with Crippen molar-refractivity contribution in [2.24, 2.45) is 0 Å². The molecular weight excluding hydrogens is 379 g/mol. The van der Waals surface area contributed by atoms with Gasteiger partial charge >= 0.3 is 0 Å². The second kappa shape index (κ2) is 8.11.